The van der Waals surface area contributed by atoms with E-state index in [1.807, 2.05) is 0 Å². The molecular weight excluding hydrogens is 204 g/mol. The maximum absolute atomic E-state index is 6.35. The molecule has 0 bridgehead atoms. The van der Waals surface area contributed by atoms with Gasteiger partial charge in [0.05, 0.1) is 6.10 Å². The summed E-state index contributed by atoms with van der Waals surface area (Å²) in [6.45, 7) is 11.5. The largest absolute Gasteiger partial charge is 0.414 e. The van der Waals surface area contributed by atoms with E-state index in [4.69, 9.17) is 9.16 Å². The smallest absolute Gasteiger partial charge is 0.192 e. The maximum Gasteiger partial charge on any atom is 0.192 e. The Kier molecular flexibility index (Phi) is 4.01. The number of hydrogen-bond donors (Lipinski definition) is 0. The summed E-state index contributed by atoms with van der Waals surface area (Å²) in [7, 11) is 0.237. The highest BCUT2D eigenvalue weighted by molar-refractivity contribution is 6.74. The van der Waals surface area contributed by atoms with Crippen molar-refractivity contribution in [2.24, 2.45) is 0 Å². The Bertz CT molecular complexity index is 208. The van der Waals surface area contributed by atoms with Crippen LogP contribution < -0.4 is 0 Å². The Morgan fingerprint density at radius 3 is 2.00 bits per heavy atom. The zero-order chi connectivity index (χ0) is 11.7. The standard InChI is InChI=1S/C12H26O2Si/c1-12(2,3)15(5,6)14-11-8-7-10(9-11)13-4/h10-11H,7-9H2,1-6H3/t10-,11+/m1/s1. The predicted octanol–water partition coefficient (Wildman–Crippen LogP) is 3.58. The first-order valence-electron chi connectivity index (χ1n) is 5.97. The zero-order valence-electron chi connectivity index (χ0n) is 11.1. The van der Waals surface area contributed by atoms with Crippen molar-refractivity contribution >= 4 is 8.32 Å². The molecule has 0 radical (unpaired) electrons. The van der Waals surface area contributed by atoms with Crippen LogP contribution in [0.4, 0.5) is 0 Å². The molecular formula is C12H26O2Si. The fourth-order valence-electron chi connectivity index (χ4n) is 1.82. The lowest BCUT2D eigenvalue weighted by molar-refractivity contribution is 0.0919. The summed E-state index contributed by atoms with van der Waals surface area (Å²) in [6.07, 6.45) is 4.29. The maximum atomic E-state index is 6.35. The van der Waals surface area contributed by atoms with Crippen LogP contribution in [-0.2, 0) is 9.16 Å². The van der Waals surface area contributed by atoms with Crippen LogP contribution in [0.25, 0.3) is 0 Å². The van der Waals surface area contributed by atoms with Gasteiger partial charge in [-0.2, -0.15) is 0 Å². The molecule has 0 aliphatic heterocycles. The molecule has 90 valence electrons. The van der Waals surface area contributed by atoms with Crippen LogP contribution >= 0.6 is 0 Å². The molecule has 1 saturated carbocycles. The third-order valence-corrected chi connectivity index (χ3v) is 8.47. The minimum atomic E-state index is -1.57. The monoisotopic (exact) mass is 230 g/mol. The Morgan fingerprint density at radius 2 is 1.60 bits per heavy atom. The SMILES string of the molecule is CO[C@@H]1CC[C@H](O[Si](C)(C)C(C)(C)C)C1. The lowest BCUT2D eigenvalue weighted by Crippen LogP contribution is -2.43. The normalized spacial score (nSPS) is 28.4. The van der Waals surface area contributed by atoms with Gasteiger partial charge >= 0.3 is 0 Å². The van der Waals surface area contributed by atoms with E-state index in [2.05, 4.69) is 33.9 Å². The number of ether oxygens (including phenoxy) is 1. The summed E-state index contributed by atoms with van der Waals surface area (Å²) in [5.41, 5.74) is 0. The lowest BCUT2D eigenvalue weighted by Gasteiger charge is -2.38. The summed E-state index contributed by atoms with van der Waals surface area (Å²) < 4.78 is 11.7. The van der Waals surface area contributed by atoms with Crippen molar-refractivity contribution in [2.75, 3.05) is 7.11 Å². The van der Waals surface area contributed by atoms with Crippen LogP contribution in [-0.4, -0.2) is 27.6 Å². The second-order valence-corrected chi connectivity index (χ2v) is 10.9. The highest BCUT2D eigenvalue weighted by Crippen LogP contribution is 2.39. The number of rotatable bonds is 3. The van der Waals surface area contributed by atoms with E-state index in [1.54, 1.807) is 7.11 Å². The van der Waals surface area contributed by atoms with E-state index in [1.165, 1.54) is 6.42 Å². The van der Waals surface area contributed by atoms with Crippen LogP contribution in [0.15, 0.2) is 0 Å². The summed E-state index contributed by atoms with van der Waals surface area (Å²) >= 11 is 0. The van der Waals surface area contributed by atoms with Crippen molar-refractivity contribution in [1.29, 1.82) is 0 Å². The van der Waals surface area contributed by atoms with Crippen molar-refractivity contribution in [3.8, 4) is 0 Å². The zero-order valence-corrected chi connectivity index (χ0v) is 12.1. The van der Waals surface area contributed by atoms with E-state index in [-0.39, 0.29) is 0 Å². The van der Waals surface area contributed by atoms with Gasteiger partial charge in [-0.15, -0.1) is 0 Å². The molecule has 0 N–H and O–H groups in total. The van der Waals surface area contributed by atoms with Gasteiger partial charge in [0, 0.05) is 13.2 Å². The van der Waals surface area contributed by atoms with Gasteiger partial charge in [-0.1, -0.05) is 20.8 Å². The summed E-state index contributed by atoms with van der Waals surface area (Å²) in [6, 6.07) is 0. The van der Waals surface area contributed by atoms with Gasteiger partial charge in [-0.3, -0.25) is 0 Å². The van der Waals surface area contributed by atoms with Gasteiger partial charge in [0.2, 0.25) is 0 Å². The van der Waals surface area contributed by atoms with Gasteiger partial charge in [-0.25, -0.2) is 0 Å². The second kappa shape index (κ2) is 4.56. The Labute approximate surface area is 95.5 Å². The molecule has 0 amide bonds. The van der Waals surface area contributed by atoms with Crippen LogP contribution in [0.2, 0.25) is 18.1 Å². The molecule has 2 nitrogen and oxygen atoms in total. The van der Waals surface area contributed by atoms with Crippen molar-refractivity contribution < 1.29 is 9.16 Å². The van der Waals surface area contributed by atoms with Crippen molar-refractivity contribution in [3.05, 3.63) is 0 Å². The molecule has 0 aromatic carbocycles. The Balaban J connectivity index is 2.49. The number of hydrogen-bond acceptors (Lipinski definition) is 2. The van der Waals surface area contributed by atoms with Crippen molar-refractivity contribution in [3.63, 3.8) is 0 Å². The van der Waals surface area contributed by atoms with E-state index < -0.39 is 8.32 Å². The fraction of sp³-hybridized carbons (Fsp3) is 1.00. The molecule has 15 heavy (non-hydrogen) atoms. The summed E-state index contributed by atoms with van der Waals surface area (Å²) in [4.78, 5) is 0. The molecule has 0 spiro atoms. The molecule has 0 heterocycles. The van der Waals surface area contributed by atoms with E-state index in [0.29, 0.717) is 17.2 Å². The molecule has 3 heteroatoms. The highest BCUT2D eigenvalue weighted by Gasteiger charge is 2.40. The highest BCUT2D eigenvalue weighted by atomic mass is 28.4. The predicted molar refractivity (Wildman–Crippen MR) is 66.7 cm³/mol. The van der Waals surface area contributed by atoms with E-state index in [9.17, 15) is 0 Å². The quantitative estimate of drug-likeness (QED) is 0.690. The second-order valence-electron chi connectivity index (χ2n) is 6.17. The van der Waals surface area contributed by atoms with Gasteiger partial charge in [0.1, 0.15) is 0 Å². The molecule has 1 aliphatic carbocycles. The fourth-order valence-corrected chi connectivity index (χ4v) is 3.22. The third-order valence-electron chi connectivity index (χ3n) is 3.94. The minimum absolute atomic E-state index is 0.318. The lowest BCUT2D eigenvalue weighted by atomic mass is 10.2. The number of methoxy groups -OCH3 is 1. The van der Waals surface area contributed by atoms with E-state index >= 15 is 0 Å². The molecule has 1 rings (SSSR count). The van der Waals surface area contributed by atoms with Crippen LogP contribution in [0.1, 0.15) is 40.0 Å². The summed E-state index contributed by atoms with van der Waals surface area (Å²) in [5.74, 6) is 0. The first-order valence-corrected chi connectivity index (χ1v) is 8.88. The summed E-state index contributed by atoms with van der Waals surface area (Å²) in [5, 5.41) is 0.318. The Hall–Kier alpha value is 0.137. The molecule has 0 saturated heterocycles. The van der Waals surface area contributed by atoms with E-state index in [0.717, 1.165) is 12.8 Å². The molecule has 0 aromatic rings. The first-order chi connectivity index (χ1) is 6.76. The molecule has 0 unspecified atom stereocenters. The average Bonchev–Trinajstić information content (AvgIpc) is 2.49. The Morgan fingerprint density at radius 1 is 1.07 bits per heavy atom. The van der Waals surface area contributed by atoms with Gasteiger partial charge in [0.25, 0.3) is 0 Å². The first kappa shape index (κ1) is 13.2. The van der Waals surface area contributed by atoms with Crippen LogP contribution in [0.3, 0.4) is 0 Å². The molecule has 0 aromatic heterocycles. The van der Waals surface area contributed by atoms with Crippen LogP contribution in [0.5, 0.6) is 0 Å². The van der Waals surface area contributed by atoms with Crippen molar-refractivity contribution in [2.45, 2.75) is 70.4 Å². The van der Waals surface area contributed by atoms with Crippen LogP contribution in [0, 0.1) is 0 Å². The average molecular weight is 230 g/mol. The van der Waals surface area contributed by atoms with Gasteiger partial charge < -0.3 is 9.16 Å². The molecule has 1 aliphatic rings. The molecule has 1 fully saturated rings. The van der Waals surface area contributed by atoms with Gasteiger partial charge in [0.15, 0.2) is 8.32 Å². The van der Waals surface area contributed by atoms with Gasteiger partial charge in [-0.05, 0) is 37.4 Å². The minimum Gasteiger partial charge on any atom is -0.414 e. The molecule has 2 atom stereocenters. The third kappa shape index (κ3) is 3.30. The van der Waals surface area contributed by atoms with Crippen molar-refractivity contribution in [1.82, 2.24) is 0 Å². The topological polar surface area (TPSA) is 18.5 Å².